The van der Waals surface area contributed by atoms with Crippen LogP contribution in [0.3, 0.4) is 0 Å². The van der Waals surface area contributed by atoms with Gasteiger partial charge in [-0.05, 0) is 50.7 Å². The van der Waals surface area contributed by atoms with Crippen molar-refractivity contribution in [1.29, 1.82) is 0 Å². The van der Waals surface area contributed by atoms with Crippen LogP contribution in [0.1, 0.15) is 41.8 Å². The highest BCUT2D eigenvalue weighted by molar-refractivity contribution is 5.51. The highest BCUT2D eigenvalue weighted by Gasteiger charge is 2.36. The van der Waals surface area contributed by atoms with Crippen LogP contribution < -0.4 is 4.90 Å². The summed E-state index contributed by atoms with van der Waals surface area (Å²) in [6.45, 7) is 3.62. The lowest BCUT2D eigenvalue weighted by Gasteiger charge is -2.38. The van der Waals surface area contributed by atoms with Gasteiger partial charge in [0, 0.05) is 30.5 Å². The van der Waals surface area contributed by atoms with Crippen LogP contribution in [0.15, 0.2) is 24.7 Å². The number of nitrogens with zero attached hydrogens (tertiary/aromatic N) is 4. The second-order valence-corrected chi connectivity index (χ2v) is 6.72. The minimum atomic E-state index is -0.819. The molecule has 5 heteroatoms. The average molecular weight is 310 g/mol. The summed E-state index contributed by atoms with van der Waals surface area (Å²) >= 11 is 0. The van der Waals surface area contributed by atoms with Crippen molar-refractivity contribution in [2.45, 2.75) is 44.6 Å². The van der Waals surface area contributed by atoms with Crippen molar-refractivity contribution >= 4 is 5.82 Å². The van der Waals surface area contributed by atoms with Gasteiger partial charge in [-0.2, -0.15) is 0 Å². The maximum Gasteiger partial charge on any atom is 0.135 e. The lowest BCUT2D eigenvalue weighted by molar-refractivity contribution is 0.00745. The molecule has 0 aromatic carbocycles. The maximum absolute atomic E-state index is 11.0. The van der Waals surface area contributed by atoms with Crippen molar-refractivity contribution in [3.63, 3.8) is 0 Å². The molecule has 3 heterocycles. The number of piperidine rings is 1. The van der Waals surface area contributed by atoms with E-state index in [4.69, 9.17) is 0 Å². The van der Waals surface area contributed by atoms with E-state index < -0.39 is 5.60 Å². The Bertz CT molecular complexity index is 705. The highest BCUT2D eigenvalue weighted by Crippen LogP contribution is 2.35. The zero-order valence-electron chi connectivity index (χ0n) is 13.5. The number of hydrogen-bond acceptors (Lipinski definition) is 5. The first-order valence-corrected chi connectivity index (χ1v) is 8.39. The molecule has 120 valence electrons. The first kappa shape index (κ1) is 14.6. The topological polar surface area (TPSA) is 62.1 Å². The monoisotopic (exact) mass is 310 g/mol. The molecule has 0 spiro atoms. The third-order valence-corrected chi connectivity index (χ3v) is 5.13. The zero-order valence-corrected chi connectivity index (χ0v) is 13.5. The van der Waals surface area contributed by atoms with Crippen LogP contribution in [0.5, 0.6) is 0 Å². The molecule has 1 fully saturated rings. The maximum atomic E-state index is 11.0. The second kappa shape index (κ2) is 5.57. The molecule has 2 aromatic rings. The number of aryl methyl sites for hydroxylation is 2. The summed E-state index contributed by atoms with van der Waals surface area (Å²) in [5, 5.41) is 11.0. The minimum Gasteiger partial charge on any atom is -0.383 e. The smallest absolute Gasteiger partial charge is 0.135 e. The first-order chi connectivity index (χ1) is 11.2. The van der Waals surface area contributed by atoms with Gasteiger partial charge in [0.2, 0.25) is 0 Å². The SMILES string of the molecule is Cc1ccc(C2(O)CCN(c3ncnc4c3CCC4)CC2)nc1. The molecular formula is C18H22N4O. The van der Waals surface area contributed by atoms with Crippen molar-refractivity contribution in [2.75, 3.05) is 18.0 Å². The number of fused-ring (bicyclic) bond motifs is 1. The molecule has 0 atom stereocenters. The van der Waals surface area contributed by atoms with E-state index in [0.29, 0.717) is 12.8 Å². The molecule has 23 heavy (non-hydrogen) atoms. The van der Waals surface area contributed by atoms with Crippen molar-refractivity contribution in [3.05, 3.63) is 47.2 Å². The molecule has 1 aliphatic heterocycles. The number of anilines is 1. The largest absolute Gasteiger partial charge is 0.383 e. The minimum absolute atomic E-state index is 0.682. The summed E-state index contributed by atoms with van der Waals surface area (Å²) in [6, 6.07) is 3.97. The summed E-state index contributed by atoms with van der Waals surface area (Å²) in [7, 11) is 0. The van der Waals surface area contributed by atoms with E-state index in [1.807, 2.05) is 25.3 Å². The Hall–Kier alpha value is -2.01. The molecule has 4 rings (SSSR count). The van der Waals surface area contributed by atoms with E-state index in [1.165, 1.54) is 17.7 Å². The fourth-order valence-electron chi connectivity index (χ4n) is 3.70. The number of rotatable bonds is 2. The average Bonchev–Trinajstić information content (AvgIpc) is 3.05. The predicted molar refractivity (Wildman–Crippen MR) is 88.4 cm³/mol. The lowest BCUT2D eigenvalue weighted by Crippen LogP contribution is -2.43. The quantitative estimate of drug-likeness (QED) is 0.921. The van der Waals surface area contributed by atoms with Gasteiger partial charge in [-0.25, -0.2) is 9.97 Å². The summed E-state index contributed by atoms with van der Waals surface area (Å²) in [6.07, 6.45) is 8.19. The van der Waals surface area contributed by atoms with E-state index >= 15 is 0 Å². The van der Waals surface area contributed by atoms with Crippen molar-refractivity contribution in [3.8, 4) is 0 Å². The number of aliphatic hydroxyl groups is 1. The summed E-state index contributed by atoms with van der Waals surface area (Å²) < 4.78 is 0. The molecular weight excluding hydrogens is 288 g/mol. The molecule has 5 nitrogen and oxygen atoms in total. The van der Waals surface area contributed by atoms with Gasteiger partial charge in [0.15, 0.2) is 0 Å². The number of pyridine rings is 1. The highest BCUT2D eigenvalue weighted by atomic mass is 16.3. The Balaban J connectivity index is 1.53. The van der Waals surface area contributed by atoms with Crippen LogP contribution in [0.2, 0.25) is 0 Å². The third-order valence-electron chi connectivity index (χ3n) is 5.13. The Morgan fingerprint density at radius 3 is 2.65 bits per heavy atom. The Morgan fingerprint density at radius 2 is 1.91 bits per heavy atom. The summed E-state index contributed by atoms with van der Waals surface area (Å²) in [5.74, 6) is 1.08. The standard InChI is InChI=1S/C18H22N4O/c1-13-5-6-16(19-11-13)18(23)7-9-22(10-8-18)17-14-3-2-4-15(14)20-12-21-17/h5-6,11-12,23H,2-4,7-10H2,1H3. The Morgan fingerprint density at radius 1 is 1.09 bits per heavy atom. The molecule has 0 unspecified atom stereocenters. The predicted octanol–water partition coefficient (Wildman–Crippen LogP) is 2.16. The molecule has 1 N–H and O–H groups in total. The van der Waals surface area contributed by atoms with Crippen LogP contribution in [-0.4, -0.2) is 33.1 Å². The normalized spacial score (nSPS) is 19.7. The molecule has 0 radical (unpaired) electrons. The molecule has 0 bridgehead atoms. The number of aromatic nitrogens is 3. The summed E-state index contributed by atoms with van der Waals surface area (Å²) in [4.78, 5) is 15.7. The molecule has 1 saturated heterocycles. The summed E-state index contributed by atoms with van der Waals surface area (Å²) in [5.41, 5.74) is 3.60. The Kier molecular flexibility index (Phi) is 3.53. The molecule has 2 aliphatic rings. The van der Waals surface area contributed by atoms with Gasteiger partial charge >= 0.3 is 0 Å². The van der Waals surface area contributed by atoms with Crippen molar-refractivity contribution < 1.29 is 5.11 Å². The van der Waals surface area contributed by atoms with Gasteiger partial charge in [0.1, 0.15) is 17.7 Å². The first-order valence-electron chi connectivity index (χ1n) is 8.39. The lowest BCUT2D eigenvalue weighted by atomic mass is 9.87. The second-order valence-electron chi connectivity index (χ2n) is 6.72. The fraction of sp³-hybridized carbons (Fsp3) is 0.500. The van der Waals surface area contributed by atoms with E-state index in [-0.39, 0.29) is 0 Å². The number of hydrogen-bond donors (Lipinski definition) is 1. The van der Waals surface area contributed by atoms with Gasteiger partial charge in [0.25, 0.3) is 0 Å². The van der Waals surface area contributed by atoms with Crippen LogP contribution in [-0.2, 0) is 18.4 Å². The van der Waals surface area contributed by atoms with E-state index in [2.05, 4.69) is 19.9 Å². The van der Waals surface area contributed by atoms with Gasteiger partial charge in [0.05, 0.1) is 5.69 Å². The van der Waals surface area contributed by atoms with Crippen LogP contribution in [0, 0.1) is 6.92 Å². The van der Waals surface area contributed by atoms with Gasteiger partial charge in [-0.1, -0.05) is 6.07 Å². The van der Waals surface area contributed by atoms with Gasteiger partial charge in [-0.3, -0.25) is 4.98 Å². The van der Waals surface area contributed by atoms with Crippen LogP contribution in [0.4, 0.5) is 5.82 Å². The fourth-order valence-corrected chi connectivity index (χ4v) is 3.70. The van der Waals surface area contributed by atoms with Crippen molar-refractivity contribution in [1.82, 2.24) is 15.0 Å². The zero-order chi connectivity index (χ0) is 15.9. The van der Waals surface area contributed by atoms with Gasteiger partial charge < -0.3 is 10.0 Å². The van der Waals surface area contributed by atoms with Gasteiger partial charge in [-0.15, -0.1) is 0 Å². The molecule has 2 aromatic heterocycles. The third kappa shape index (κ3) is 2.59. The van der Waals surface area contributed by atoms with Crippen LogP contribution >= 0.6 is 0 Å². The van der Waals surface area contributed by atoms with Crippen molar-refractivity contribution in [2.24, 2.45) is 0 Å². The van der Waals surface area contributed by atoms with E-state index in [0.717, 1.165) is 43.0 Å². The van der Waals surface area contributed by atoms with Crippen LogP contribution in [0.25, 0.3) is 0 Å². The van der Waals surface area contributed by atoms with E-state index in [1.54, 1.807) is 6.33 Å². The Labute approximate surface area is 136 Å². The van der Waals surface area contributed by atoms with E-state index in [9.17, 15) is 5.11 Å². The molecule has 0 amide bonds. The molecule has 1 aliphatic carbocycles. The molecule has 0 saturated carbocycles.